The van der Waals surface area contributed by atoms with Gasteiger partial charge in [0.15, 0.2) is 5.16 Å². The molecule has 0 bridgehead atoms. The van der Waals surface area contributed by atoms with Crippen LogP contribution in [-0.4, -0.2) is 39.4 Å². The molecule has 0 radical (unpaired) electrons. The van der Waals surface area contributed by atoms with Crippen molar-refractivity contribution in [1.82, 2.24) is 20.1 Å². The zero-order chi connectivity index (χ0) is 19.2. The molecule has 0 unspecified atom stereocenters. The van der Waals surface area contributed by atoms with Gasteiger partial charge in [0.25, 0.3) is 5.91 Å². The van der Waals surface area contributed by atoms with Gasteiger partial charge in [-0.2, -0.15) is 0 Å². The van der Waals surface area contributed by atoms with Gasteiger partial charge in [-0.1, -0.05) is 29.4 Å². The summed E-state index contributed by atoms with van der Waals surface area (Å²) < 4.78 is 1.77. The maximum atomic E-state index is 12.2. The Balaban J connectivity index is 1.60. The number of hydrogen-bond donors (Lipinski definition) is 2. The van der Waals surface area contributed by atoms with Gasteiger partial charge in [-0.05, 0) is 42.5 Å². The van der Waals surface area contributed by atoms with Crippen LogP contribution in [0, 0.1) is 0 Å². The van der Waals surface area contributed by atoms with Crippen LogP contribution in [0.4, 0.5) is 5.69 Å². The van der Waals surface area contributed by atoms with Crippen molar-refractivity contribution in [3.05, 3.63) is 65.4 Å². The monoisotopic (exact) mass is 401 g/mol. The molecule has 7 nitrogen and oxygen atoms in total. The van der Waals surface area contributed by atoms with E-state index in [1.807, 2.05) is 12.1 Å². The summed E-state index contributed by atoms with van der Waals surface area (Å²) in [6, 6.07) is 14.0. The minimum Gasteiger partial charge on any atom is -0.355 e. The zero-order valence-corrected chi connectivity index (χ0v) is 15.9. The van der Waals surface area contributed by atoms with Gasteiger partial charge in [-0.25, -0.2) is 0 Å². The van der Waals surface area contributed by atoms with Crippen molar-refractivity contribution >= 4 is 40.9 Å². The molecule has 1 aromatic heterocycles. The van der Waals surface area contributed by atoms with Crippen LogP contribution in [-0.2, 0) is 4.79 Å². The molecule has 27 heavy (non-hydrogen) atoms. The molecule has 0 saturated heterocycles. The first-order valence-electron chi connectivity index (χ1n) is 7.97. The number of carbonyl (C=O) groups excluding carboxylic acids is 2. The Morgan fingerprint density at radius 3 is 2.67 bits per heavy atom. The van der Waals surface area contributed by atoms with E-state index < -0.39 is 0 Å². The lowest BCUT2D eigenvalue weighted by Crippen LogP contribution is -2.18. The molecule has 2 N–H and O–H groups in total. The van der Waals surface area contributed by atoms with Gasteiger partial charge in [0.05, 0.1) is 11.4 Å². The van der Waals surface area contributed by atoms with Gasteiger partial charge in [-0.15, -0.1) is 10.2 Å². The molecule has 138 valence electrons. The highest BCUT2D eigenvalue weighted by Crippen LogP contribution is 2.22. The predicted octanol–water partition coefficient (Wildman–Crippen LogP) is 3.01. The molecule has 0 aliphatic heterocycles. The highest BCUT2D eigenvalue weighted by molar-refractivity contribution is 7.99. The number of anilines is 1. The van der Waals surface area contributed by atoms with E-state index >= 15 is 0 Å². The molecule has 2 aromatic carbocycles. The summed E-state index contributed by atoms with van der Waals surface area (Å²) in [7, 11) is 1.57. The van der Waals surface area contributed by atoms with Crippen molar-refractivity contribution in [3.63, 3.8) is 0 Å². The van der Waals surface area contributed by atoms with Crippen LogP contribution in [0.5, 0.6) is 0 Å². The number of halogens is 1. The largest absolute Gasteiger partial charge is 0.355 e. The molecule has 3 aromatic rings. The Morgan fingerprint density at radius 1 is 1.19 bits per heavy atom. The van der Waals surface area contributed by atoms with Gasteiger partial charge >= 0.3 is 0 Å². The number of carbonyl (C=O) groups is 2. The third-order valence-corrected chi connectivity index (χ3v) is 4.77. The quantitative estimate of drug-likeness (QED) is 0.620. The van der Waals surface area contributed by atoms with Gasteiger partial charge in [-0.3, -0.25) is 14.2 Å². The van der Waals surface area contributed by atoms with E-state index in [1.165, 1.54) is 11.8 Å². The minimum absolute atomic E-state index is 0.163. The molecular formula is C18H16ClN5O2S. The number of thioether (sulfide) groups is 1. The molecule has 0 aliphatic carbocycles. The van der Waals surface area contributed by atoms with E-state index in [0.717, 1.165) is 5.69 Å². The van der Waals surface area contributed by atoms with Crippen molar-refractivity contribution in [3.8, 4) is 5.69 Å². The fourth-order valence-corrected chi connectivity index (χ4v) is 3.22. The van der Waals surface area contributed by atoms with E-state index in [4.69, 9.17) is 11.6 Å². The Bertz CT molecular complexity index is 958. The summed E-state index contributed by atoms with van der Waals surface area (Å²) in [5, 5.41) is 14.5. The molecule has 9 heteroatoms. The van der Waals surface area contributed by atoms with Crippen molar-refractivity contribution in [1.29, 1.82) is 0 Å². The zero-order valence-electron chi connectivity index (χ0n) is 14.3. The molecule has 0 atom stereocenters. The van der Waals surface area contributed by atoms with Crippen LogP contribution in [0.1, 0.15) is 10.4 Å². The van der Waals surface area contributed by atoms with E-state index in [-0.39, 0.29) is 17.6 Å². The average Bonchev–Trinajstić information content (AvgIpc) is 3.15. The minimum atomic E-state index is -0.187. The summed E-state index contributed by atoms with van der Waals surface area (Å²) in [6.45, 7) is 0. The Kier molecular flexibility index (Phi) is 6.10. The van der Waals surface area contributed by atoms with Crippen LogP contribution in [0.15, 0.2) is 60.0 Å². The van der Waals surface area contributed by atoms with E-state index in [0.29, 0.717) is 21.4 Å². The molecular weight excluding hydrogens is 386 g/mol. The molecule has 0 fully saturated rings. The fraction of sp³-hybridized carbons (Fsp3) is 0.111. The second-order valence-electron chi connectivity index (χ2n) is 5.46. The number of amides is 2. The van der Waals surface area contributed by atoms with E-state index in [2.05, 4.69) is 20.8 Å². The first kappa shape index (κ1) is 18.9. The smallest absolute Gasteiger partial charge is 0.251 e. The number of nitrogens with zero attached hydrogens (tertiary/aromatic N) is 3. The molecule has 0 spiro atoms. The number of aromatic nitrogens is 3. The number of benzene rings is 2. The third-order valence-electron chi connectivity index (χ3n) is 3.59. The second kappa shape index (κ2) is 8.70. The molecule has 3 rings (SSSR count). The number of hydrogen-bond acceptors (Lipinski definition) is 5. The lowest BCUT2D eigenvalue weighted by atomic mass is 10.2. The topological polar surface area (TPSA) is 88.9 Å². The van der Waals surface area contributed by atoms with Gasteiger partial charge in [0.1, 0.15) is 6.33 Å². The summed E-state index contributed by atoms with van der Waals surface area (Å²) in [5.74, 6) is -0.201. The Hall–Kier alpha value is -2.84. The van der Waals surface area contributed by atoms with E-state index in [9.17, 15) is 9.59 Å². The maximum Gasteiger partial charge on any atom is 0.251 e. The van der Waals surface area contributed by atoms with Crippen LogP contribution >= 0.6 is 23.4 Å². The van der Waals surface area contributed by atoms with Crippen LogP contribution in [0.2, 0.25) is 5.02 Å². The first-order chi connectivity index (χ1) is 13.1. The number of rotatable bonds is 6. The standard InChI is InChI=1S/C18H16ClN5O2S/c1-20-17(26)12-5-7-14(8-6-12)22-16(25)10-27-18-23-21-11-24(18)15-4-2-3-13(19)9-15/h2-9,11H,10H2,1H3,(H,20,26)(H,22,25). The first-order valence-corrected chi connectivity index (χ1v) is 9.34. The van der Waals surface area contributed by atoms with Crippen molar-refractivity contribution < 1.29 is 9.59 Å². The molecule has 2 amide bonds. The van der Waals surface area contributed by atoms with Gasteiger partial charge in [0.2, 0.25) is 5.91 Å². The van der Waals surface area contributed by atoms with Crippen LogP contribution < -0.4 is 10.6 Å². The summed E-state index contributed by atoms with van der Waals surface area (Å²) in [6.07, 6.45) is 1.57. The highest BCUT2D eigenvalue weighted by Gasteiger charge is 2.11. The van der Waals surface area contributed by atoms with Crippen LogP contribution in [0.3, 0.4) is 0 Å². The van der Waals surface area contributed by atoms with E-state index in [1.54, 1.807) is 54.3 Å². The lowest BCUT2D eigenvalue weighted by Gasteiger charge is -2.08. The summed E-state index contributed by atoms with van der Waals surface area (Å²) in [4.78, 5) is 23.7. The normalized spacial score (nSPS) is 10.4. The Morgan fingerprint density at radius 2 is 1.96 bits per heavy atom. The van der Waals surface area contributed by atoms with Gasteiger partial charge in [0, 0.05) is 23.3 Å². The molecule has 0 saturated carbocycles. The van der Waals surface area contributed by atoms with Crippen molar-refractivity contribution in [2.24, 2.45) is 0 Å². The lowest BCUT2D eigenvalue weighted by molar-refractivity contribution is -0.113. The SMILES string of the molecule is CNC(=O)c1ccc(NC(=O)CSc2nncn2-c2cccc(Cl)c2)cc1. The third kappa shape index (κ3) is 4.87. The van der Waals surface area contributed by atoms with Crippen molar-refractivity contribution in [2.75, 3.05) is 18.1 Å². The second-order valence-corrected chi connectivity index (χ2v) is 6.84. The highest BCUT2D eigenvalue weighted by atomic mass is 35.5. The fourth-order valence-electron chi connectivity index (χ4n) is 2.30. The summed E-state index contributed by atoms with van der Waals surface area (Å²) in [5.41, 5.74) is 1.96. The number of nitrogens with one attached hydrogen (secondary N) is 2. The molecule has 0 aliphatic rings. The van der Waals surface area contributed by atoms with Gasteiger partial charge < -0.3 is 10.6 Å². The maximum absolute atomic E-state index is 12.2. The molecule has 1 heterocycles. The van der Waals surface area contributed by atoms with Crippen molar-refractivity contribution in [2.45, 2.75) is 5.16 Å². The Labute approximate surface area is 165 Å². The van der Waals surface area contributed by atoms with Crippen LogP contribution in [0.25, 0.3) is 5.69 Å². The predicted molar refractivity (Wildman–Crippen MR) is 106 cm³/mol. The summed E-state index contributed by atoms with van der Waals surface area (Å²) >= 11 is 7.29. The average molecular weight is 402 g/mol.